The Balaban J connectivity index is 1.44. The first-order valence-corrected chi connectivity index (χ1v) is 12.0. The molecule has 0 bridgehead atoms. The second-order valence-electron chi connectivity index (χ2n) is 8.16. The summed E-state index contributed by atoms with van der Waals surface area (Å²) < 4.78 is 27.6. The lowest BCUT2D eigenvalue weighted by molar-refractivity contribution is -0.120. The monoisotopic (exact) mass is 445 g/mol. The number of H-pyrrole nitrogens is 1. The molecule has 4 heterocycles. The number of piperidine rings is 1. The zero-order valence-electron chi connectivity index (χ0n) is 17.5. The van der Waals surface area contributed by atoms with Crippen molar-refractivity contribution in [2.24, 2.45) is 5.92 Å². The Morgan fingerprint density at radius 1 is 1.16 bits per heavy atom. The molecule has 9 nitrogen and oxygen atoms in total. The third-order valence-electron chi connectivity index (χ3n) is 5.84. The Kier molecular flexibility index (Phi) is 6.10. The van der Waals surface area contributed by atoms with Crippen LogP contribution in [0.1, 0.15) is 41.7 Å². The van der Waals surface area contributed by atoms with E-state index in [1.807, 2.05) is 13.0 Å². The lowest BCUT2D eigenvalue weighted by Crippen LogP contribution is -2.43. The Morgan fingerprint density at radius 3 is 2.65 bits per heavy atom. The van der Waals surface area contributed by atoms with Gasteiger partial charge in [-0.25, -0.2) is 13.4 Å². The number of nitrogens with zero attached hydrogens (tertiary/aromatic N) is 3. The summed E-state index contributed by atoms with van der Waals surface area (Å²) >= 11 is 0. The second-order valence-corrected chi connectivity index (χ2v) is 10.1. The highest BCUT2D eigenvalue weighted by molar-refractivity contribution is 7.89. The van der Waals surface area contributed by atoms with Gasteiger partial charge in [-0.2, -0.15) is 4.31 Å². The van der Waals surface area contributed by atoms with Crippen LogP contribution >= 0.6 is 0 Å². The van der Waals surface area contributed by atoms with Gasteiger partial charge < -0.3 is 15.2 Å². The smallest absolute Gasteiger partial charge is 0.270 e. The van der Waals surface area contributed by atoms with Gasteiger partial charge in [0.05, 0.1) is 5.92 Å². The number of anilines is 1. The van der Waals surface area contributed by atoms with E-state index in [-0.39, 0.29) is 28.9 Å². The maximum absolute atomic E-state index is 13.1. The number of hydrogen-bond acceptors (Lipinski definition) is 5. The highest BCUT2D eigenvalue weighted by atomic mass is 32.2. The highest BCUT2D eigenvalue weighted by Crippen LogP contribution is 2.25. The molecular weight excluding hydrogens is 418 g/mol. The van der Waals surface area contributed by atoms with Crippen molar-refractivity contribution in [3.05, 3.63) is 41.9 Å². The molecule has 4 rings (SSSR count). The predicted molar refractivity (Wildman–Crippen MR) is 115 cm³/mol. The molecule has 2 N–H and O–H groups in total. The van der Waals surface area contributed by atoms with Crippen molar-refractivity contribution in [3.63, 3.8) is 0 Å². The first-order chi connectivity index (χ1) is 14.8. The number of rotatable bonds is 5. The average Bonchev–Trinajstić information content (AvgIpc) is 3.48. The number of nitrogens with one attached hydrogen (secondary N) is 2. The Hall–Kier alpha value is -2.72. The van der Waals surface area contributed by atoms with Crippen molar-refractivity contribution in [3.8, 4) is 0 Å². The molecule has 0 unspecified atom stereocenters. The maximum atomic E-state index is 13.1. The van der Waals surface area contributed by atoms with Crippen molar-refractivity contribution in [2.75, 3.05) is 31.5 Å². The molecule has 2 fully saturated rings. The van der Waals surface area contributed by atoms with E-state index in [2.05, 4.69) is 15.3 Å². The number of aromatic nitrogens is 2. The number of carbonyl (C=O) groups is 2. The molecule has 31 heavy (non-hydrogen) atoms. The van der Waals surface area contributed by atoms with E-state index in [1.54, 1.807) is 17.2 Å². The molecule has 2 amide bonds. The van der Waals surface area contributed by atoms with Crippen molar-refractivity contribution in [1.82, 2.24) is 19.2 Å². The Bertz CT molecular complexity index is 1060. The van der Waals surface area contributed by atoms with E-state index in [0.29, 0.717) is 38.3 Å². The van der Waals surface area contributed by atoms with E-state index in [9.17, 15) is 18.0 Å². The zero-order valence-corrected chi connectivity index (χ0v) is 18.3. The van der Waals surface area contributed by atoms with E-state index in [4.69, 9.17) is 0 Å². The molecule has 0 aliphatic carbocycles. The van der Waals surface area contributed by atoms with Crippen LogP contribution < -0.4 is 5.32 Å². The quantitative estimate of drug-likeness (QED) is 0.730. The minimum absolute atomic E-state index is 0.0521. The number of amides is 2. The summed E-state index contributed by atoms with van der Waals surface area (Å²) in [6.45, 7) is 3.74. The summed E-state index contributed by atoms with van der Waals surface area (Å²) in [5.41, 5.74) is 1.26. The van der Waals surface area contributed by atoms with Gasteiger partial charge in [-0.3, -0.25) is 9.59 Å². The minimum atomic E-state index is -3.81. The third kappa shape index (κ3) is 4.64. The van der Waals surface area contributed by atoms with Crippen molar-refractivity contribution in [1.29, 1.82) is 0 Å². The SMILES string of the molecule is Cc1ccc(NC(=O)[C@@H]2CCCN(S(=O)(=O)c3c[nH]c(C(=O)N4CCCC4)c3)C2)nc1. The molecular formula is C21H27N5O4S. The first-order valence-electron chi connectivity index (χ1n) is 10.6. The normalized spacial score (nSPS) is 20.0. The summed E-state index contributed by atoms with van der Waals surface area (Å²) in [7, 11) is -3.81. The van der Waals surface area contributed by atoms with E-state index < -0.39 is 15.9 Å². The van der Waals surface area contributed by atoms with Gasteiger partial charge in [0.1, 0.15) is 16.4 Å². The molecule has 2 aromatic heterocycles. The minimum Gasteiger partial charge on any atom is -0.356 e. The van der Waals surface area contributed by atoms with Crippen LogP contribution in [0.2, 0.25) is 0 Å². The van der Waals surface area contributed by atoms with E-state index in [0.717, 1.165) is 18.4 Å². The molecule has 2 aromatic rings. The van der Waals surface area contributed by atoms with Crippen LogP contribution in [0.5, 0.6) is 0 Å². The maximum Gasteiger partial charge on any atom is 0.270 e. The molecule has 2 aliphatic heterocycles. The molecule has 2 aliphatic rings. The number of pyridine rings is 1. The Labute approximate surface area is 181 Å². The fourth-order valence-corrected chi connectivity index (χ4v) is 5.55. The van der Waals surface area contributed by atoms with Crippen LogP contribution in [0.15, 0.2) is 35.5 Å². The first kappa shape index (κ1) is 21.5. The molecule has 0 spiro atoms. The number of aromatic amines is 1. The summed E-state index contributed by atoms with van der Waals surface area (Å²) in [5, 5.41) is 2.77. The molecule has 0 saturated carbocycles. The van der Waals surface area contributed by atoms with Gasteiger partial charge in [-0.05, 0) is 50.3 Å². The van der Waals surface area contributed by atoms with Gasteiger partial charge in [0.2, 0.25) is 15.9 Å². The molecule has 0 aromatic carbocycles. The summed E-state index contributed by atoms with van der Waals surface area (Å²) in [4.78, 5) is 34.0. The highest BCUT2D eigenvalue weighted by Gasteiger charge is 2.34. The van der Waals surface area contributed by atoms with Crippen LogP contribution in [0.4, 0.5) is 5.82 Å². The lowest BCUT2D eigenvalue weighted by Gasteiger charge is -2.30. The molecule has 166 valence electrons. The van der Waals surface area contributed by atoms with Gasteiger partial charge in [0.15, 0.2) is 0 Å². The number of hydrogen-bond donors (Lipinski definition) is 2. The van der Waals surface area contributed by atoms with Gasteiger partial charge in [0.25, 0.3) is 5.91 Å². The van der Waals surface area contributed by atoms with Gasteiger partial charge in [0, 0.05) is 38.6 Å². The van der Waals surface area contributed by atoms with Crippen LogP contribution in [0.3, 0.4) is 0 Å². The van der Waals surface area contributed by atoms with Crippen molar-refractivity contribution in [2.45, 2.75) is 37.5 Å². The van der Waals surface area contributed by atoms with Crippen molar-refractivity contribution >= 4 is 27.7 Å². The molecule has 1 atom stereocenters. The number of likely N-dealkylation sites (tertiary alicyclic amines) is 1. The number of aryl methyl sites for hydroxylation is 1. The van der Waals surface area contributed by atoms with Gasteiger partial charge >= 0.3 is 0 Å². The van der Waals surface area contributed by atoms with E-state index in [1.165, 1.54) is 16.6 Å². The molecule has 10 heteroatoms. The molecule has 0 radical (unpaired) electrons. The van der Waals surface area contributed by atoms with Gasteiger partial charge in [-0.1, -0.05) is 6.07 Å². The van der Waals surface area contributed by atoms with Gasteiger partial charge in [-0.15, -0.1) is 0 Å². The summed E-state index contributed by atoms with van der Waals surface area (Å²) in [5.74, 6) is -0.432. The summed E-state index contributed by atoms with van der Waals surface area (Å²) in [6.07, 6.45) is 6.15. The van der Waals surface area contributed by atoms with Crippen LogP contribution in [-0.4, -0.2) is 65.6 Å². The predicted octanol–water partition coefficient (Wildman–Crippen LogP) is 1.99. The number of sulfonamides is 1. The fraction of sp³-hybridized carbons (Fsp3) is 0.476. The topological polar surface area (TPSA) is 115 Å². The third-order valence-corrected chi connectivity index (χ3v) is 7.68. The largest absolute Gasteiger partial charge is 0.356 e. The lowest BCUT2D eigenvalue weighted by atomic mass is 9.99. The average molecular weight is 446 g/mol. The molecule has 2 saturated heterocycles. The van der Waals surface area contributed by atoms with Crippen LogP contribution in [-0.2, 0) is 14.8 Å². The number of carbonyl (C=O) groups excluding carboxylic acids is 2. The van der Waals surface area contributed by atoms with Crippen LogP contribution in [0, 0.1) is 12.8 Å². The van der Waals surface area contributed by atoms with Crippen molar-refractivity contribution < 1.29 is 18.0 Å². The van der Waals surface area contributed by atoms with Crippen LogP contribution in [0.25, 0.3) is 0 Å². The fourth-order valence-electron chi connectivity index (χ4n) is 4.03. The van der Waals surface area contributed by atoms with E-state index >= 15 is 0 Å². The second kappa shape index (κ2) is 8.80. The summed E-state index contributed by atoms with van der Waals surface area (Å²) in [6, 6.07) is 4.98. The zero-order chi connectivity index (χ0) is 22.0. The standard InChI is InChI=1S/C21H27N5O4S/c1-15-6-7-19(23-12-15)24-20(27)16-5-4-10-26(14-16)31(29,30)17-11-18(22-13-17)21(28)25-8-2-3-9-25/h6-7,11-13,16,22H,2-5,8-10,14H2,1H3,(H,23,24,27)/t16-/m1/s1. The Morgan fingerprint density at radius 2 is 1.94 bits per heavy atom.